The Morgan fingerprint density at radius 3 is 2.88 bits per heavy atom. The predicted octanol–water partition coefficient (Wildman–Crippen LogP) is 0.266. The largest absolute Gasteiger partial charge is 0.481 e. The van der Waals surface area contributed by atoms with Gasteiger partial charge in [-0.2, -0.15) is 0 Å². The third kappa shape index (κ3) is 4.40. The summed E-state index contributed by atoms with van der Waals surface area (Å²) in [6, 6.07) is -0.118. The lowest BCUT2D eigenvalue weighted by atomic mass is 10.0. The Hall–Kier alpha value is -0.750. The molecule has 1 fully saturated rings. The van der Waals surface area contributed by atoms with Crippen molar-refractivity contribution < 1.29 is 14.7 Å². The Bertz CT molecular complexity index is 254. The number of nitrogens with one attached hydrogen (secondary N) is 2. The first-order valence-electron chi connectivity index (χ1n) is 5.44. The van der Waals surface area contributed by atoms with Crippen molar-refractivity contribution in [3.63, 3.8) is 0 Å². The summed E-state index contributed by atoms with van der Waals surface area (Å²) in [6.45, 7) is 2.38. The van der Waals surface area contributed by atoms with Crippen LogP contribution in [0.3, 0.4) is 0 Å². The number of aliphatic carboxylic acids is 1. The summed E-state index contributed by atoms with van der Waals surface area (Å²) in [7, 11) is 0. The van der Waals surface area contributed by atoms with Crippen LogP contribution in [0.5, 0.6) is 0 Å². The van der Waals surface area contributed by atoms with Crippen molar-refractivity contribution in [3.05, 3.63) is 0 Å². The third-order valence-corrected chi connectivity index (χ3v) is 3.58. The molecule has 1 saturated heterocycles. The number of thioether (sulfide) groups is 1. The number of amides is 1. The number of hydrogen-bond donors (Lipinski definition) is 3. The molecule has 0 aromatic heterocycles. The van der Waals surface area contributed by atoms with Gasteiger partial charge in [0.05, 0.1) is 6.04 Å². The molecule has 2 unspecified atom stereocenters. The van der Waals surface area contributed by atoms with Gasteiger partial charge in [0.2, 0.25) is 5.91 Å². The molecule has 6 heteroatoms. The van der Waals surface area contributed by atoms with Gasteiger partial charge in [-0.3, -0.25) is 14.9 Å². The van der Waals surface area contributed by atoms with Crippen molar-refractivity contribution in [3.8, 4) is 0 Å². The number of carboxylic acids is 1. The molecule has 16 heavy (non-hydrogen) atoms. The summed E-state index contributed by atoms with van der Waals surface area (Å²) < 4.78 is 0. The van der Waals surface area contributed by atoms with E-state index in [0.29, 0.717) is 6.54 Å². The molecule has 1 aliphatic rings. The standard InChI is InChI=1S/C10H18N2O3S/c1-2-7(3-9(13)14)4-11-10(15)8-5-16-6-12-8/h7-8,12H,2-6H2,1H3,(H,11,15)(H,13,14). The molecule has 2 atom stereocenters. The lowest BCUT2D eigenvalue weighted by Gasteiger charge is -2.15. The van der Waals surface area contributed by atoms with Crippen molar-refractivity contribution in [2.24, 2.45) is 5.92 Å². The lowest BCUT2D eigenvalue weighted by Crippen LogP contribution is -2.43. The number of carbonyl (C=O) groups excluding carboxylic acids is 1. The van der Waals surface area contributed by atoms with Gasteiger partial charge in [-0.1, -0.05) is 13.3 Å². The van der Waals surface area contributed by atoms with E-state index in [1.807, 2.05) is 6.92 Å². The van der Waals surface area contributed by atoms with E-state index in [9.17, 15) is 9.59 Å². The Morgan fingerprint density at radius 2 is 2.38 bits per heavy atom. The molecule has 1 heterocycles. The van der Waals surface area contributed by atoms with Crippen LogP contribution in [0.15, 0.2) is 0 Å². The molecule has 0 aliphatic carbocycles. The van der Waals surface area contributed by atoms with Gasteiger partial charge in [-0.25, -0.2) is 0 Å². The van der Waals surface area contributed by atoms with E-state index in [0.717, 1.165) is 18.1 Å². The second kappa shape index (κ2) is 6.75. The van der Waals surface area contributed by atoms with Crippen molar-refractivity contribution in [2.45, 2.75) is 25.8 Å². The van der Waals surface area contributed by atoms with E-state index < -0.39 is 5.97 Å². The molecule has 1 amide bonds. The van der Waals surface area contributed by atoms with Gasteiger partial charge < -0.3 is 10.4 Å². The molecule has 0 bridgehead atoms. The molecule has 92 valence electrons. The average Bonchev–Trinajstić information content (AvgIpc) is 2.76. The number of carboxylic acid groups (broad SMARTS) is 1. The topological polar surface area (TPSA) is 78.4 Å². The normalized spacial score (nSPS) is 21.7. The average molecular weight is 246 g/mol. The quantitative estimate of drug-likeness (QED) is 0.627. The zero-order valence-corrected chi connectivity index (χ0v) is 10.2. The third-order valence-electron chi connectivity index (χ3n) is 2.64. The molecule has 3 N–H and O–H groups in total. The zero-order chi connectivity index (χ0) is 12.0. The van der Waals surface area contributed by atoms with Gasteiger partial charge in [-0.05, 0) is 5.92 Å². The molecular weight excluding hydrogens is 228 g/mol. The Morgan fingerprint density at radius 1 is 1.62 bits per heavy atom. The van der Waals surface area contributed by atoms with Gasteiger partial charge >= 0.3 is 5.97 Å². The number of hydrogen-bond acceptors (Lipinski definition) is 4. The highest BCUT2D eigenvalue weighted by Gasteiger charge is 2.23. The SMILES string of the molecule is CCC(CNC(=O)C1CSCN1)CC(=O)O. The fourth-order valence-electron chi connectivity index (χ4n) is 1.54. The maximum Gasteiger partial charge on any atom is 0.303 e. The summed E-state index contributed by atoms with van der Waals surface area (Å²) in [4.78, 5) is 22.2. The first kappa shape index (κ1) is 13.3. The van der Waals surface area contributed by atoms with E-state index in [1.54, 1.807) is 11.8 Å². The highest BCUT2D eigenvalue weighted by Crippen LogP contribution is 2.10. The second-order valence-corrected chi connectivity index (χ2v) is 4.92. The molecule has 0 aromatic carbocycles. The minimum Gasteiger partial charge on any atom is -0.481 e. The lowest BCUT2D eigenvalue weighted by molar-refractivity contribution is -0.138. The minimum absolute atomic E-state index is 0.0196. The van der Waals surface area contributed by atoms with Crippen molar-refractivity contribution >= 4 is 23.6 Å². The van der Waals surface area contributed by atoms with E-state index in [2.05, 4.69) is 10.6 Å². The molecule has 5 nitrogen and oxygen atoms in total. The van der Waals surface area contributed by atoms with E-state index >= 15 is 0 Å². The van der Waals surface area contributed by atoms with Crippen molar-refractivity contribution in [2.75, 3.05) is 18.2 Å². The van der Waals surface area contributed by atoms with E-state index in [1.165, 1.54) is 0 Å². The van der Waals surface area contributed by atoms with Crippen LogP contribution in [0.4, 0.5) is 0 Å². The first-order chi connectivity index (χ1) is 7.63. The Labute approximate surface area is 99.4 Å². The van der Waals surface area contributed by atoms with Crippen LogP contribution >= 0.6 is 11.8 Å². The van der Waals surface area contributed by atoms with Crippen LogP contribution in [-0.2, 0) is 9.59 Å². The zero-order valence-electron chi connectivity index (χ0n) is 9.36. The summed E-state index contributed by atoms with van der Waals surface area (Å²) in [5.74, 6) is 0.798. The smallest absolute Gasteiger partial charge is 0.303 e. The minimum atomic E-state index is -0.810. The van der Waals surface area contributed by atoms with Crippen LogP contribution in [0.25, 0.3) is 0 Å². The van der Waals surface area contributed by atoms with Crippen LogP contribution in [0.2, 0.25) is 0 Å². The van der Waals surface area contributed by atoms with Gasteiger partial charge in [0.25, 0.3) is 0 Å². The maximum absolute atomic E-state index is 11.6. The number of rotatable bonds is 6. The highest BCUT2D eigenvalue weighted by atomic mass is 32.2. The Balaban J connectivity index is 2.25. The summed E-state index contributed by atoms with van der Waals surface area (Å²) in [5.41, 5.74) is 0. The summed E-state index contributed by atoms with van der Waals surface area (Å²) >= 11 is 1.70. The van der Waals surface area contributed by atoms with Gasteiger partial charge in [0, 0.05) is 24.6 Å². The first-order valence-corrected chi connectivity index (χ1v) is 6.59. The summed E-state index contributed by atoms with van der Waals surface area (Å²) in [5, 5.41) is 14.5. The van der Waals surface area contributed by atoms with Gasteiger partial charge in [0.1, 0.15) is 0 Å². The molecule has 1 rings (SSSR count). The second-order valence-electron chi connectivity index (χ2n) is 3.89. The van der Waals surface area contributed by atoms with E-state index in [4.69, 9.17) is 5.11 Å². The van der Waals surface area contributed by atoms with Crippen molar-refractivity contribution in [1.82, 2.24) is 10.6 Å². The van der Waals surface area contributed by atoms with Crippen molar-refractivity contribution in [1.29, 1.82) is 0 Å². The Kier molecular flexibility index (Phi) is 5.62. The van der Waals surface area contributed by atoms with Gasteiger partial charge in [-0.15, -0.1) is 11.8 Å². The molecule has 0 saturated carbocycles. The van der Waals surface area contributed by atoms with Crippen LogP contribution in [0.1, 0.15) is 19.8 Å². The molecule has 1 aliphatic heterocycles. The molecule has 0 aromatic rings. The highest BCUT2D eigenvalue weighted by molar-refractivity contribution is 7.99. The monoisotopic (exact) mass is 246 g/mol. The maximum atomic E-state index is 11.6. The summed E-state index contributed by atoms with van der Waals surface area (Å²) in [6.07, 6.45) is 0.878. The fraction of sp³-hybridized carbons (Fsp3) is 0.800. The van der Waals surface area contributed by atoms with E-state index in [-0.39, 0.29) is 24.3 Å². The number of carbonyl (C=O) groups is 2. The van der Waals surface area contributed by atoms with Crippen LogP contribution < -0.4 is 10.6 Å². The van der Waals surface area contributed by atoms with Crippen LogP contribution in [0, 0.1) is 5.92 Å². The van der Waals surface area contributed by atoms with Crippen LogP contribution in [-0.4, -0.2) is 41.2 Å². The predicted molar refractivity (Wildman–Crippen MR) is 63.3 cm³/mol. The molecular formula is C10H18N2O3S. The molecule has 0 radical (unpaired) electrons. The fourth-order valence-corrected chi connectivity index (χ4v) is 2.48. The van der Waals surface area contributed by atoms with Gasteiger partial charge in [0.15, 0.2) is 0 Å². The molecule has 0 spiro atoms.